The maximum Gasteiger partial charge on any atom is 0.345 e. The summed E-state index contributed by atoms with van der Waals surface area (Å²) in [7, 11) is 0. The minimum absolute atomic E-state index is 0.0500. The van der Waals surface area contributed by atoms with Crippen LogP contribution >= 0.6 is 0 Å². The highest BCUT2D eigenvalue weighted by Crippen LogP contribution is 2.25. The van der Waals surface area contributed by atoms with E-state index in [2.05, 4.69) is 20.2 Å². The molecule has 7 heteroatoms. The number of H-pyrrole nitrogens is 1. The van der Waals surface area contributed by atoms with Crippen LogP contribution in [-0.2, 0) is 0 Å². The van der Waals surface area contributed by atoms with Gasteiger partial charge in [0, 0.05) is 30.9 Å². The van der Waals surface area contributed by atoms with Crippen molar-refractivity contribution < 1.29 is 4.79 Å². The molecule has 0 spiro atoms. The highest BCUT2D eigenvalue weighted by molar-refractivity contribution is 5.93. The molecule has 1 amide bonds. The smallest absolute Gasteiger partial charge is 0.338 e. The monoisotopic (exact) mass is 285 g/mol. The van der Waals surface area contributed by atoms with Crippen molar-refractivity contribution in [2.75, 3.05) is 13.1 Å². The maximum atomic E-state index is 12.4. The number of likely N-dealkylation sites (tertiary alicyclic amines) is 1. The van der Waals surface area contributed by atoms with E-state index < -0.39 is 0 Å². The van der Waals surface area contributed by atoms with Crippen molar-refractivity contribution in [3.05, 3.63) is 52.5 Å². The van der Waals surface area contributed by atoms with Gasteiger partial charge in [0.1, 0.15) is 0 Å². The molecule has 3 heterocycles. The Kier molecular flexibility index (Phi) is 3.72. The number of nitrogens with one attached hydrogen (secondary N) is 1. The number of carbonyl (C=O) groups is 1. The number of hydrogen-bond acceptors (Lipinski definition) is 5. The van der Waals surface area contributed by atoms with Gasteiger partial charge in [0.15, 0.2) is 0 Å². The zero-order valence-electron chi connectivity index (χ0n) is 11.4. The van der Waals surface area contributed by atoms with E-state index in [0.717, 1.165) is 18.5 Å². The zero-order valence-corrected chi connectivity index (χ0v) is 11.4. The molecular formula is C14H15N5O2. The van der Waals surface area contributed by atoms with E-state index in [1.807, 2.05) is 0 Å². The largest absolute Gasteiger partial charge is 0.345 e. The van der Waals surface area contributed by atoms with Crippen LogP contribution in [0.1, 0.15) is 34.8 Å². The maximum absolute atomic E-state index is 12.4. The Morgan fingerprint density at radius 1 is 1.29 bits per heavy atom. The number of amides is 1. The van der Waals surface area contributed by atoms with E-state index >= 15 is 0 Å². The Hall–Kier alpha value is -2.57. The fraction of sp³-hybridized carbons (Fsp3) is 0.357. The standard InChI is InChI=1S/C14H15N5O2/c20-13(10-3-6-16-17-8-10)19-7-1-2-11(9-19)12-4-5-15-14(21)18-12/h3-6,8,11H,1-2,7,9H2,(H,15,18,21). The van der Waals surface area contributed by atoms with Gasteiger partial charge in [-0.2, -0.15) is 10.2 Å². The first-order chi connectivity index (χ1) is 10.2. The molecule has 2 aromatic heterocycles. The lowest BCUT2D eigenvalue weighted by atomic mass is 9.94. The van der Waals surface area contributed by atoms with Crippen LogP contribution < -0.4 is 5.69 Å². The summed E-state index contributed by atoms with van der Waals surface area (Å²) in [5, 5.41) is 7.41. The van der Waals surface area contributed by atoms with Gasteiger partial charge in [0.05, 0.1) is 18.0 Å². The predicted octanol–water partition coefficient (Wildman–Crippen LogP) is 0.580. The van der Waals surface area contributed by atoms with E-state index in [-0.39, 0.29) is 17.5 Å². The Morgan fingerprint density at radius 3 is 2.95 bits per heavy atom. The van der Waals surface area contributed by atoms with Gasteiger partial charge in [-0.1, -0.05) is 0 Å². The van der Waals surface area contributed by atoms with Gasteiger partial charge in [-0.05, 0) is 25.0 Å². The average molecular weight is 285 g/mol. The SMILES string of the molecule is O=C(c1ccnnc1)N1CCCC(c2ccnc(=O)[nH]2)C1. The third-order valence-corrected chi connectivity index (χ3v) is 3.68. The molecule has 1 unspecified atom stereocenters. The lowest BCUT2D eigenvalue weighted by Gasteiger charge is -2.32. The molecule has 1 fully saturated rings. The highest BCUT2D eigenvalue weighted by Gasteiger charge is 2.26. The number of hydrogen-bond donors (Lipinski definition) is 1. The van der Waals surface area contributed by atoms with Crippen molar-refractivity contribution in [2.24, 2.45) is 0 Å². The molecule has 3 rings (SSSR count). The fourth-order valence-electron chi connectivity index (χ4n) is 2.64. The highest BCUT2D eigenvalue weighted by atomic mass is 16.2. The lowest BCUT2D eigenvalue weighted by molar-refractivity contribution is 0.0705. The fourth-order valence-corrected chi connectivity index (χ4v) is 2.64. The van der Waals surface area contributed by atoms with Gasteiger partial charge in [0.25, 0.3) is 5.91 Å². The Bertz CT molecular complexity index is 685. The molecule has 0 saturated carbocycles. The lowest BCUT2D eigenvalue weighted by Crippen LogP contribution is -2.39. The molecule has 0 bridgehead atoms. The third kappa shape index (κ3) is 2.96. The van der Waals surface area contributed by atoms with Crippen LogP contribution in [0, 0.1) is 0 Å². The number of piperidine rings is 1. The van der Waals surface area contributed by atoms with Crippen LogP contribution in [0.5, 0.6) is 0 Å². The van der Waals surface area contributed by atoms with Crippen molar-refractivity contribution in [1.29, 1.82) is 0 Å². The molecule has 2 aromatic rings. The van der Waals surface area contributed by atoms with Crippen molar-refractivity contribution in [3.63, 3.8) is 0 Å². The first-order valence-electron chi connectivity index (χ1n) is 6.85. The van der Waals surface area contributed by atoms with Crippen molar-refractivity contribution >= 4 is 5.91 Å². The Labute approximate surface area is 121 Å². The van der Waals surface area contributed by atoms with Gasteiger partial charge >= 0.3 is 5.69 Å². The van der Waals surface area contributed by atoms with E-state index in [0.29, 0.717) is 18.7 Å². The minimum atomic E-state index is -0.353. The second-order valence-corrected chi connectivity index (χ2v) is 5.05. The molecular weight excluding hydrogens is 270 g/mol. The van der Waals surface area contributed by atoms with Crippen molar-refractivity contribution in [3.8, 4) is 0 Å². The number of aromatic nitrogens is 4. The first kappa shape index (κ1) is 13.4. The Morgan fingerprint density at radius 2 is 2.19 bits per heavy atom. The van der Waals surface area contributed by atoms with Crippen LogP contribution in [-0.4, -0.2) is 44.1 Å². The number of aromatic amines is 1. The molecule has 1 saturated heterocycles. The summed E-state index contributed by atoms with van der Waals surface area (Å²) >= 11 is 0. The summed E-state index contributed by atoms with van der Waals surface area (Å²) in [6.45, 7) is 1.30. The van der Waals surface area contributed by atoms with Crippen LogP contribution in [0.2, 0.25) is 0 Å². The number of carbonyl (C=O) groups excluding carboxylic acids is 1. The predicted molar refractivity (Wildman–Crippen MR) is 74.8 cm³/mol. The van der Waals surface area contributed by atoms with E-state index in [1.165, 1.54) is 18.6 Å². The van der Waals surface area contributed by atoms with Gasteiger partial charge in [-0.15, -0.1) is 0 Å². The van der Waals surface area contributed by atoms with Gasteiger partial charge in [-0.25, -0.2) is 9.78 Å². The van der Waals surface area contributed by atoms with Crippen molar-refractivity contribution in [1.82, 2.24) is 25.1 Å². The molecule has 1 aliphatic heterocycles. The second-order valence-electron chi connectivity index (χ2n) is 5.05. The second kappa shape index (κ2) is 5.82. The third-order valence-electron chi connectivity index (χ3n) is 3.68. The van der Waals surface area contributed by atoms with Gasteiger partial charge in [0.2, 0.25) is 0 Å². The molecule has 1 atom stereocenters. The number of nitrogens with zero attached hydrogens (tertiary/aromatic N) is 4. The van der Waals surface area contributed by atoms with E-state index in [4.69, 9.17) is 0 Å². The van der Waals surface area contributed by atoms with Crippen LogP contribution in [0.3, 0.4) is 0 Å². The Balaban J connectivity index is 1.77. The first-order valence-corrected chi connectivity index (χ1v) is 6.85. The number of rotatable bonds is 2. The van der Waals surface area contributed by atoms with Crippen LogP contribution in [0.4, 0.5) is 0 Å². The molecule has 0 radical (unpaired) electrons. The molecule has 0 aliphatic carbocycles. The van der Waals surface area contributed by atoms with Crippen LogP contribution in [0.25, 0.3) is 0 Å². The summed E-state index contributed by atoms with van der Waals surface area (Å²) in [5.41, 5.74) is 1.02. The average Bonchev–Trinajstić information content (AvgIpc) is 2.55. The normalized spacial score (nSPS) is 18.5. The summed E-state index contributed by atoms with van der Waals surface area (Å²) in [5.74, 6) is 0.0826. The molecule has 1 aliphatic rings. The summed E-state index contributed by atoms with van der Waals surface area (Å²) in [6, 6.07) is 3.46. The summed E-state index contributed by atoms with van der Waals surface area (Å²) in [4.78, 5) is 31.9. The van der Waals surface area contributed by atoms with E-state index in [9.17, 15) is 9.59 Å². The molecule has 21 heavy (non-hydrogen) atoms. The van der Waals surface area contributed by atoms with Gasteiger partial charge < -0.3 is 9.88 Å². The topological polar surface area (TPSA) is 91.8 Å². The molecule has 108 valence electrons. The van der Waals surface area contributed by atoms with E-state index in [1.54, 1.807) is 17.0 Å². The van der Waals surface area contributed by atoms with Gasteiger partial charge in [-0.3, -0.25) is 4.79 Å². The van der Waals surface area contributed by atoms with Crippen molar-refractivity contribution in [2.45, 2.75) is 18.8 Å². The summed E-state index contributed by atoms with van der Waals surface area (Å²) in [6.07, 6.45) is 6.33. The zero-order chi connectivity index (χ0) is 14.7. The van der Waals surface area contributed by atoms with Crippen LogP contribution in [0.15, 0.2) is 35.5 Å². The summed E-state index contributed by atoms with van der Waals surface area (Å²) < 4.78 is 0. The molecule has 0 aromatic carbocycles. The molecule has 7 nitrogen and oxygen atoms in total. The molecule has 1 N–H and O–H groups in total. The quantitative estimate of drug-likeness (QED) is 0.871. The minimum Gasteiger partial charge on any atom is -0.338 e.